The highest BCUT2D eigenvalue weighted by molar-refractivity contribution is 5.01. The van der Waals surface area contributed by atoms with Crippen LogP contribution in [0.15, 0.2) is 12.4 Å². The Labute approximate surface area is 77.7 Å². The average molecular weight is 181 g/mol. The first kappa shape index (κ1) is 8.72. The number of aromatic nitrogens is 2. The van der Waals surface area contributed by atoms with Crippen LogP contribution in [0.2, 0.25) is 0 Å². The van der Waals surface area contributed by atoms with Gasteiger partial charge in [-0.3, -0.25) is 5.10 Å². The molecule has 2 N–H and O–H groups in total. The molecule has 0 bridgehead atoms. The zero-order chi connectivity index (χ0) is 8.93. The average Bonchev–Trinajstić information content (AvgIpc) is 2.75. The largest absolute Gasteiger partial charge is 0.377 e. The molecule has 0 saturated carbocycles. The Hall–Kier alpha value is -0.870. The van der Waals surface area contributed by atoms with Crippen LogP contribution in [-0.4, -0.2) is 29.5 Å². The molecule has 0 amide bonds. The number of aromatic amines is 1. The quantitative estimate of drug-likeness (QED) is 0.718. The summed E-state index contributed by atoms with van der Waals surface area (Å²) in [4.78, 5) is 0. The minimum absolute atomic E-state index is 0.423. The zero-order valence-corrected chi connectivity index (χ0v) is 7.62. The number of nitrogens with one attached hydrogen (secondary N) is 2. The molecule has 4 nitrogen and oxygen atoms in total. The van der Waals surface area contributed by atoms with Crippen molar-refractivity contribution in [3.05, 3.63) is 18.0 Å². The van der Waals surface area contributed by atoms with E-state index < -0.39 is 0 Å². The van der Waals surface area contributed by atoms with Crippen molar-refractivity contribution in [3.63, 3.8) is 0 Å². The van der Waals surface area contributed by atoms with Gasteiger partial charge in [0.25, 0.3) is 0 Å². The summed E-state index contributed by atoms with van der Waals surface area (Å²) in [6, 6.07) is 0. The molecular weight excluding hydrogens is 166 g/mol. The van der Waals surface area contributed by atoms with Gasteiger partial charge in [0.2, 0.25) is 0 Å². The molecule has 0 spiro atoms. The van der Waals surface area contributed by atoms with Crippen LogP contribution in [0.3, 0.4) is 0 Å². The predicted octanol–water partition coefficient (Wildman–Crippen LogP) is 0.678. The number of hydrogen-bond donors (Lipinski definition) is 2. The highest BCUT2D eigenvalue weighted by Crippen LogP contribution is 2.10. The van der Waals surface area contributed by atoms with E-state index in [1.54, 1.807) is 0 Å². The second kappa shape index (κ2) is 4.39. The van der Waals surface area contributed by atoms with Gasteiger partial charge in [-0.05, 0) is 12.8 Å². The molecule has 0 aliphatic carbocycles. The lowest BCUT2D eigenvalue weighted by atomic mass is 10.2. The Morgan fingerprint density at radius 1 is 1.69 bits per heavy atom. The Morgan fingerprint density at radius 2 is 2.69 bits per heavy atom. The fraction of sp³-hybridized carbons (Fsp3) is 0.667. The van der Waals surface area contributed by atoms with E-state index >= 15 is 0 Å². The lowest BCUT2D eigenvalue weighted by molar-refractivity contribution is 0.110. The molecule has 0 aromatic carbocycles. The van der Waals surface area contributed by atoms with E-state index in [4.69, 9.17) is 4.74 Å². The third-order valence-electron chi connectivity index (χ3n) is 2.28. The Bertz CT molecular complexity index is 229. The van der Waals surface area contributed by atoms with Gasteiger partial charge in [-0.2, -0.15) is 5.10 Å². The SMILES string of the molecule is c1n[nH]cc1CNCC1CCCO1. The molecule has 1 saturated heterocycles. The monoisotopic (exact) mass is 181 g/mol. The Kier molecular flexibility index (Phi) is 2.94. The number of hydrogen-bond acceptors (Lipinski definition) is 3. The van der Waals surface area contributed by atoms with Crippen LogP contribution < -0.4 is 5.32 Å². The number of ether oxygens (including phenoxy) is 1. The molecule has 2 heterocycles. The summed E-state index contributed by atoms with van der Waals surface area (Å²) in [6.07, 6.45) is 6.56. The van der Waals surface area contributed by atoms with Crippen LogP contribution in [0.4, 0.5) is 0 Å². The summed E-state index contributed by atoms with van der Waals surface area (Å²) in [7, 11) is 0. The van der Waals surface area contributed by atoms with Gasteiger partial charge in [0, 0.05) is 31.5 Å². The van der Waals surface area contributed by atoms with Crippen molar-refractivity contribution in [2.45, 2.75) is 25.5 Å². The maximum atomic E-state index is 5.49. The first-order valence-corrected chi connectivity index (χ1v) is 4.75. The molecule has 1 unspecified atom stereocenters. The molecule has 72 valence electrons. The van der Waals surface area contributed by atoms with Gasteiger partial charge in [0.05, 0.1) is 12.3 Å². The molecule has 13 heavy (non-hydrogen) atoms. The van der Waals surface area contributed by atoms with Crippen molar-refractivity contribution >= 4 is 0 Å². The van der Waals surface area contributed by atoms with E-state index in [0.717, 1.165) is 19.7 Å². The maximum absolute atomic E-state index is 5.49. The molecule has 2 rings (SSSR count). The Morgan fingerprint density at radius 3 is 3.38 bits per heavy atom. The minimum Gasteiger partial charge on any atom is -0.377 e. The highest BCUT2D eigenvalue weighted by atomic mass is 16.5. The van der Waals surface area contributed by atoms with Crippen LogP contribution in [-0.2, 0) is 11.3 Å². The normalized spacial score (nSPS) is 22.3. The van der Waals surface area contributed by atoms with Gasteiger partial charge < -0.3 is 10.1 Å². The fourth-order valence-electron chi connectivity index (χ4n) is 1.56. The topological polar surface area (TPSA) is 49.9 Å². The molecular formula is C9H15N3O. The minimum atomic E-state index is 0.423. The lowest BCUT2D eigenvalue weighted by Gasteiger charge is -2.09. The van der Waals surface area contributed by atoms with E-state index in [0.29, 0.717) is 6.10 Å². The summed E-state index contributed by atoms with van der Waals surface area (Å²) >= 11 is 0. The van der Waals surface area contributed by atoms with Gasteiger partial charge in [0.1, 0.15) is 0 Å². The fourth-order valence-corrected chi connectivity index (χ4v) is 1.56. The molecule has 1 aliphatic heterocycles. The predicted molar refractivity (Wildman–Crippen MR) is 49.3 cm³/mol. The van der Waals surface area contributed by atoms with Crippen LogP contribution >= 0.6 is 0 Å². The third-order valence-corrected chi connectivity index (χ3v) is 2.28. The van der Waals surface area contributed by atoms with Crippen LogP contribution in [0, 0.1) is 0 Å². The number of rotatable bonds is 4. The van der Waals surface area contributed by atoms with Crippen molar-refractivity contribution in [1.82, 2.24) is 15.5 Å². The second-order valence-corrected chi connectivity index (χ2v) is 3.37. The van der Waals surface area contributed by atoms with Crippen LogP contribution in [0.25, 0.3) is 0 Å². The van der Waals surface area contributed by atoms with E-state index in [-0.39, 0.29) is 0 Å². The smallest absolute Gasteiger partial charge is 0.0700 e. The molecule has 1 aromatic rings. The Balaban J connectivity index is 1.63. The zero-order valence-electron chi connectivity index (χ0n) is 7.62. The summed E-state index contributed by atoms with van der Waals surface area (Å²) in [6.45, 7) is 2.75. The lowest BCUT2D eigenvalue weighted by Crippen LogP contribution is -2.25. The van der Waals surface area contributed by atoms with Crippen molar-refractivity contribution < 1.29 is 4.74 Å². The van der Waals surface area contributed by atoms with Gasteiger partial charge >= 0.3 is 0 Å². The molecule has 1 fully saturated rings. The first-order chi connectivity index (χ1) is 6.45. The van der Waals surface area contributed by atoms with Gasteiger partial charge in [-0.15, -0.1) is 0 Å². The van der Waals surface area contributed by atoms with Gasteiger partial charge in [-0.1, -0.05) is 0 Å². The first-order valence-electron chi connectivity index (χ1n) is 4.75. The maximum Gasteiger partial charge on any atom is 0.0700 e. The molecule has 1 atom stereocenters. The van der Waals surface area contributed by atoms with E-state index in [1.807, 2.05) is 12.4 Å². The summed E-state index contributed by atoms with van der Waals surface area (Å²) in [5.41, 5.74) is 1.19. The van der Waals surface area contributed by atoms with Crippen molar-refractivity contribution in [2.24, 2.45) is 0 Å². The van der Waals surface area contributed by atoms with Crippen LogP contribution in [0.1, 0.15) is 18.4 Å². The van der Waals surface area contributed by atoms with Crippen molar-refractivity contribution in [3.8, 4) is 0 Å². The van der Waals surface area contributed by atoms with E-state index in [1.165, 1.54) is 18.4 Å². The molecule has 4 heteroatoms. The van der Waals surface area contributed by atoms with E-state index in [2.05, 4.69) is 15.5 Å². The number of nitrogens with zero attached hydrogens (tertiary/aromatic N) is 1. The standard InChI is InChI=1S/C9H15N3O/c1-2-9(13-3-1)7-10-4-8-5-11-12-6-8/h5-6,9-10H,1-4,7H2,(H,11,12). The van der Waals surface area contributed by atoms with Crippen molar-refractivity contribution in [2.75, 3.05) is 13.2 Å². The number of H-pyrrole nitrogens is 1. The van der Waals surface area contributed by atoms with Gasteiger partial charge in [0.15, 0.2) is 0 Å². The summed E-state index contributed by atoms with van der Waals surface area (Å²) < 4.78 is 5.49. The van der Waals surface area contributed by atoms with Crippen molar-refractivity contribution in [1.29, 1.82) is 0 Å². The summed E-state index contributed by atoms with van der Waals surface area (Å²) in [5.74, 6) is 0. The van der Waals surface area contributed by atoms with Crippen LogP contribution in [0.5, 0.6) is 0 Å². The van der Waals surface area contributed by atoms with Gasteiger partial charge in [-0.25, -0.2) is 0 Å². The second-order valence-electron chi connectivity index (χ2n) is 3.37. The molecule has 0 radical (unpaired) electrons. The molecule has 1 aromatic heterocycles. The molecule has 1 aliphatic rings. The third kappa shape index (κ3) is 2.54. The summed E-state index contributed by atoms with van der Waals surface area (Å²) in [5, 5.41) is 10.0. The van der Waals surface area contributed by atoms with E-state index in [9.17, 15) is 0 Å². The highest BCUT2D eigenvalue weighted by Gasteiger charge is 2.14.